The molecule has 1 aromatic rings. The van der Waals surface area contributed by atoms with Crippen molar-refractivity contribution in [3.8, 4) is 0 Å². The van der Waals surface area contributed by atoms with Gasteiger partial charge in [0.25, 0.3) is 0 Å². The van der Waals surface area contributed by atoms with E-state index < -0.39 is 36.0 Å². The second kappa shape index (κ2) is 16.0. The minimum absolute atomic E-state index is 0.0289. The lowest BCUT2D eigenvalue weighted by molar-refractivity contribution is -0.160. The van der Waals surface area contributed by atoms with Crippen molar-refractivity contribution in [3.63, 3.8) is 0 Å². The number of hydrogen-bond acceptors (Lipinski definition) is 10. The quantitative estimate of drug-likeness (QED) is 0.230. The fourth-order valence-corrected chi connectivity index (χ4v) is 6.09. The second-order valence-corrected chi connectivity index (χ2v) is 12.1. The molecule has 1 aliphatic heterocycles. The molecule has 2 heterocycles. The summed E-state index contributed by atoms with van der Waals surface area (Å²) < 4.78 is 10.9. The van der Waals surface area contributed by atoms with Gasteiger partial charge in [0.2, 0.25) is 5.91 Å². The summed E-state index contributed by atoms with van der Waals surface area (Å²) in [7, 11) is 1.94. The molecule has 11 nitrogen and oxygen atoms in total. The SMILES string of the molecule is CC[C@H](C)[C@H](CC(=O)C1CCCCN1C)C(=O)N(COC(C)=O)[C@H](C[C@@H](OC(C)=O)c1nc(C(=O)O)cs1)C(C)C. The first-order valence-electron chi connectivity index (χ1n) is 14.3. The third-order valence-corrected chi connectivity index (χ3v) is 8.79. The van der Waals surface area contributed by atoms with Crippen LogP contribution in [0.3, 0.4) is 0 Å². The number of aromatic carboxylic acids is 1. The van der Waals surface area contributed by atoms with Crippen LogP contribution in [0.4, 0.5) is 0 Å². The highest BCUT2D eigenvalue weighted by Crippen LogP contribution is 2.33. The van der Waals surface area contributed by atoms with Gasteiger partial charge in [-0.25, -0.2) is 9.78 Å². The zero-order valence-electron chi connectivity index (χ0n) is 25.3. The van der Waals surface area contributed by atoms with Gasteiger partial charge in [0.1, 0.15) is 5.01 Å². The molecule has 0 aromatic carbocycles. The Bertz CT molecular complexity index is 1070. The van der Waals surface area contributed by atoms with E-state index in [0.29, 0.717) is 6.42 Å². The van der Waals surface area contributed by atoms with Gasteiger partial charge in [0.15, 0.2) is 24.3 Å². The summed E-state index contributed by atoms with van der Waals surface area (Å²) in [5.41, 5.74) is -0.167. The van der Waals surface area contributed by atoms with Crippen molar-refractivity contribution in [1.82, 2.24) is 14.8 Å². The minimum Gasteiger partial charge on any atom is -0.476 e. The topological polar surface area (TPSA) is 143 Å². The molecule has 12 heteroatoms. The zero-order valence-corrected chi connectivity index (χ0v) is 26.1. The maximum Gasteiger partial charge on any atom is 0.355 e. The molecule has 0 saturated carbocycles. The van der Waals surface area contributed by atoms with E-state index >= 15 is 0 Å². The van der Waals surface area contributed by atoms with Crippen LogP contribution in [-0.4, -0.2) is 81.9 Å². The Labute approximate surface area is 246 Å². The largest absolute Gasteiger partial charge is 0.476 e. The fraction of sp³-hybridized carbons (Fsp3) is 0.724. The molecule has 0 radical (unpaired) electrons. The van der Waals surface area contributed by atoms with E-state index in [1.54, 1.807) is 0 Å². The van der Waals surface area contributed by atoms with E-state index in [4.69, 9.17) is 9.47 Å². The third-order valence-electron chi connectivity index (χ3n) is 7.85. The van der Waals surface area contributed by atoms with E-state index in [1.807, 2.05) is 34.7 Å². The molecule has 1 N–H and O–H groups in total. The van der Waals surface area contributed by atoms with Gasteiger partial charge < -0.3 is 19.5 Å². The van der Waals surface area contributed by atoms with Crippen molar-refractivity contribution in [3.05, 3.63) is 16.1 Å². The Morgan fingerprint density at radius 1 is 1.15 bits per heavy atom. The van der Waals surface area contributed by atoms with Crippen molar-refractivity contribution >= 4 is 40.9 Å². The van der Waals surface area contributed by atoms with E-state index in [-0.39, 0.29) is 59.8 Å². The van der Waals surface area contributed by atoms with Gasteiger partial charge in [-0.1, -0.05) is 40.5 Å². The van der Waals surface area contributed by atoms with Crippen LogP contribution in [0.15, 0.2) is 5.38 Å². The number of carboxylic acid groups (broad SMARTS) is 1. The number of Topliss-reactive ketones (excluding diaryl/α,β-unsaturated/α-hetero) is 1. The molecule has 1 unspecified atom stereocenters. The highest BCUT2D eigenvalue weighted by Gasteiger charge is 2.39. The van der Waals surface area contributed by atoms with Gasteiger partial charge in [-0.15, -0.1) is 11.3 Å². The number of aromatic nitrogens is 1. The monoisotopic (exact) mass is 595 g/mol. The molecule has 5 atom stereocenters. The second-order valence-electron chi connectivity index (χ2n) is 11.2. The molecule has 1 saturated heterocycles. The zero-order chi connectivity index (χ0) is 30.9. The maximum atomic E-state index is 14.3. The number of piperidine rings is 1. The van der Waals surface area contributed by atoms with Gasteiger partial charge >= 0.3 is 17.9 Å². The average molecular weight is 596 g/mol. The minimum atomic E-state index is -1.20. The number of esters is 2. The molecule has 0 spiro atoms. The van der Waals surface area contributed by atoms with Gasteiger partial charge in [-0.3, -0.25) is 24.1 Å². The Morgan fingerprint density at radius 3 is 2.34 bits per heavy atom. The normalized spacial score (nSPS) is 18.7. The number of ether oxygens (including phenoxy) is 2. The van der Waals surface area contributed by atoms with Crippen molar-refractivity contribution in [1.29, 1.82) is 0 Å². The Hall–Kier alpha value is -2.86. The molecule has 0 bridgehead atoms. The highest BCUT2D eigenvalue weighted by molar-refractivity contribution is 7.09. The predicted molar refractivity (Wildman–Crippen MR) is 153 cm³/mol. The van der Waals surface area contributed by atoms with Gasteiger partial charge in [-0.05, 0) is 38.3 Å². The standard InChI is InChI=1S/C29H45N3O8S/c1-8-18(4)21(13-25(35)23-11-9-10-12-31(23)7)28(36)32(16-39-19(5)33)24(17(2)3)14-26(40-20(6)34)27-30-22(15-41-27)29(37)38/h15,17-18,21,23-24,26H,8-14,16H2,1-7H3,(H,37,38)/t18-,21-,23?,24+,26+/m0/s1. The summed E-state index contributed by atoms with van der Waals surface area (Å²) in [6, 6.07) is -0.810. The van der Waals surface area contributed by atoms with Gasteiger partial charge in [0.05, 0.1) is 6.04 Å². The fourth-order valence-electron chi connectivity index (χ4n) is 5.26. The van der Waals surface area contributed by atoms with E-state index in [1.165, 1.54) is 24.1 Å². The lowest BCUT2D eigenvalue weighted by atomic mass is 9.82. The number of thiazole rings is 1. The number of likely N-dealkylation sites (tertiary alicyclic amines) is 1. The number of ketones is 1. The van der Waals surface area contributed by atoms with Crippen LogP contribution in [0.25, 0.3) is 0 Å². The maximum absolute atomic E-state index is 14.3. The number of carbonyl (C=O) groups excluding carboxylic acids is 4. The first-order chi connectivity index (χ1) is 19.3. The predicted octanol–water partition coefficient (Wildman–Crippen LogP) is 4.32. The van der Waals surface area contributed by atoms with Gasteiger partial charge in [0, 0.05) is 44.0 Å². The number of likely N-dealkylation sites (N-methyl/N-ethyl adjacent to an activating group) is 1. The van der Waals surface area contributed by atoms with Crippen LogP contribution < -0.4 is 0 Å². The van der Waals surface area contributed by atoms with Crippen LogP contribution >= 0.6 is 11.3 Å². The molecule has 1 amide bonds. The number of carbonyl (C=O) groups is 5. The molecule has 1 fully saturated rings. The average Bonchev–Trinajstić information content (AvgIpc) is 3.40. The van der Waals surface area contributed by atoms with Crippen LogP contribution in [0.5, 0.6) is 0 Å². The lowest BCUT2D eigenvalue weighted by Crippen LogP contribution is -2.50. The first kappa shape index (κ1) is 34.3. The lowest BCUT2D eigenvalue weighted by Gasteiger charge is -2.39. The summed E-state index contributed by atoms with van der Waals surface area (Å²) in [4.78, 5) is 70.7. The van der Waals surface area contributed by atoms with E-state index in [9.17, 15) is 29.1 Å². The Balaban J connectivity index is 2.45. The molecule has 41 heavy (non-hydrogen) atoms. The summed E-state index contributed by atoms with van der Waals surface area (Å²) in [6.45, 7) is 10.7. The number of rotatable bonds is 15. The number of amides is 1. The van der Waals surface area contributed by atoms with Crippen LogP contribution in [0.1, 0.15) is 102 Å². The molecule has 230 valence electrons. The van der Waals surface area contributed by atoms with E-state index in [2.05, 4.69) is 9.88 Å². The number of nitrogens with zero attached hydrogens (tertiary/aromatic N) is 3. The van der Waals surface area contributed by atoms with Crippen LogP contribution in [0, 0.1) is 17.8 Å². The van der Waals surface area contributed by atoms with Crippen molar-refractivity contribution in [2.45, 2.75) is 98.3 Å². The highest BCUT2D eigenvalue weighted by atomic mass is 32.1. The molecule has 1 aromatic heterocycles. The summed E-state index contributed by atoms with van der Waals surface area (Å²) >= 11 is 1.05. The summed E-state index contributed by atoms with van der Waals surface area (Å²) in [6.07, 6.45) is 2.69. The smallest absolute Gasteiger partial charge is 0.355 e. The molecular weight excluding hydrogens is 550 g/mol. The summed E-state index contributed by atoms with van der Waals surface area (Å²) in [5, 5.41) is 11.0. The van der Waals surface area contributed by atoms with Crippen molar-refractivity contribution in [2.75, 3.05) is 20.3 Å². The van der Waals surface area contributed by atoms with Crippen molar-refractivity contribution in [2.24, 2.45) is 17.8 Å². The van der Waals surface area contributed by atoms with Crippen LogP contribution in [-0.2, 0) is 28.7 Å². The van der Waals surface area contributed by atoms with E-state index in [0.717, 1.165) is 37.1 Å². The number of hydrogen-bond donors (Lipinski definition) is 1. The molecule has 2 rings (SSSR count). The Morgan fingerprint density at radius 2 is 1.83 bits per heavy atom. The number of carboxylic acids is 1. The van der Waals surface area contributed by atoms with Crippen LogP contribution in [0.2, 0.25) is 0 Å². The molecular formula is C29H45N3O8S. The molecule has 0 aliphatic carbocycles. The summed E-state index contributed by atoms with van der Waals surface area (Å²) in [5.74, 6) is -3.55. The third kappa shape index (κ3) is 9.88. The Kier molecular flexibility index (Phi) is 13.4. The van der Waals surface area contributed by atoms with Crippen molar-refractivity contribution < 1.29 is 38.6 Å². The molecule has 1 aliphatic rings. The van der Waals surface area contributed by atoms with Gasteiger partial charge in [-0.2, -0.15) is 0 Å². The first-order valence-corrected chi connectivity index (χ1v) is 15.2.